The first kappa shape index (κ1) is 13.4. The van der Waals surface area contributed by atoms with Crippen LogP contribution in [0.15, 0.2) is 30.3 Å². The summed E-state index contributed by atoms with van der Waals surface area (Å²) >= 11 is 0. The predicted molar refractivity (Wildman–Crippen MR) is 77.6 cm³/mol. The molecule has 0 radical (unpaired) electrons. The Balaban J connectivity index is 1.55. The van der Waals surface area contributed by atoms with Gasteiger partial charge in [-0.3, -0.25) is 4.79 Å². The molecule has 1 amide bonds. The number of fused-ring (bicyclic) bond motifs is 1. The fraction of sp³-hybridized carbons (Fsp3) is 0.562. The Morgan fingerprint density at radius 1 is 1.35 bits per heavy atom. The molecule has 2 saturated heterocycles. The van der Waals surface area contributed by atoms with Crippen molar-refractivity contribution in [2.75, 3.05) is 26.2 Å². The van der Waals surface area contributed by atoms with Crippen LogP contribution in [0.4, 0.5) is 0 Å². The summed E-state index contributed by atoms with van der Waals surface area (Å²) < 4.78 is 5.55. The van der Waals surface area contributed by atoms with Gasteiger partial charge in [-0.25, -0.2) is 0 Å². The van der Waals surface area contributed by atoms with E-state index in [2.05, 4.69) is 19.2 Å². The van der Waals surface area contributed by atoms with E-state index in [-0.39, 0.29) is 18.1 Å². The maximum absolute atomic E-state index is 12.2. The third-order valence-electron chi connectivity index (χ3n) is 4.65. The molecule has 0 aromatic heterocycles. The highest BCUT2D eigenvalue weighted by Crippen LogP contribution is 2.36. The Morgan fingerprint density at radius 2 is 2.10 bits per heavy atom. The Kier molecular flexibility index (Phi) is 3.42. The smallest absolute Gasteiger partial charge is 0.260 e. The number of nitrogens with one attached hydrogen (secondary N) is 1. The Bertz CT molecular complexity index is 487. The first-order chi connectivity index (χ1) is 9.56. The summed E-state index contributed by atoms with van der Waals surface area (Å²) in [7, 11) is 0. The molecule has 1 N–H and O–H groups in total. The van der Waals surface area contributed by atoms with Gasteiger partial charge < -0.3 is 15.0 Å². The summed E-state index contributed by atoms with van der Waals surface area (Å²) in [5, 5.41) is 3.55. The van der Waals surface area contributed by atoms with Gasteiger partial charge in [-0.2, -0.15) is 0 Å². The predicted octanol–water partition coefficient (Wildman–Crippen LogP) is 1.52. The molecule has 1 aromatic carbocycles. The van der Waals surface area contributed by atoms with Crippen LogP contribution in [0.25, 0.3) is 0 Å². The Morgan fingerprint density at radius 3 is 2.80 bits per heavy atom. The maximum Gasteiger partial charge on any atom is 0.260 e. The lowest BCUT2D eigenvalue weighted by atomic mass is 9.85. The van der Waals surface area contributed by atoms with Gasteiger partial charge in [-0.15, -0.1) is 0 Å². The number of carbonyl (C=O) groups excluding carboxylic acids is 1. The van der Waals surface area contributed by atoms with Gasteiger partial charge in [0.25, 0.3) is 5.91 Å². The fourth-order valence-corrected chi connectivity index (χ4v) is 3.38. The molecule has 1 aromatic rings. The first-order valence-electron chi connectivity index (χ1n) is 7.27. The molecule has 108 valence electrons. The summed E-state index contributed by atoms with van der Waals surface area (Å²) in [6.45, 7) is 7.32. The van der Waals surface area contributed by atoms with Crippen molar-refractivity contribution in [2.45, 2.75) is 19.4 Å². The number of ether oxygens (including phenoxy) is 1. The average Bonchev–Trinajstić information content (AvgIpc) is 2.99. The molecular formula is C16H22N2O2. The standard InChI is InChI=1S/C16H22N2O2/c1-16(2)14-10-18(9-12(14)8-17-16)15(19)11-20-13-6-4-3-5-7-13/h3-7,12,14,17H,8-11H2,1-2H3. The zero-order valence-corrected chi connectivity index (χ0v) is 12.1. The van der Waals surface area contributed by atoms with Gasteiger partial charge in [-0.1, -0.05) is 18.2 Å². The molecule has 4 heteroatoms. The van der Waals surface area contributed by atoms with Crippen LogP contribution in [0.1, 0.15) is 13.8 Å². The molecular weight excluding hydrogens is 252 g/mol. The quantitative estimate of drug-likeness (QED) is 0.908. The fourth-order valence-electron chi connectivity index (χ4n) is 3.38. The number of likely N-dealkylation sites (tertiary alicyclic amines) is 1. The number of rotatable bonds is 3. The van der Waals surface area contributed by atoms with E-state index < -0.39 is 0 Å². The topological polar surface area (TPSA) is 41.6 Å². The van der Waals surface area contributed by atoms with E-state index in [0.717, 1.165) is 25.4 Å². The van der Waals surface area contributed by atoms with E-state index in [1.807, 2.05) is 35.2 Å². The van der Waals surface area contributed by atoms with Gasteiger partial charge in [0.05, 0.1) is 0 Å². The molecule has 0 aliphatic carbocycles. The van der Waals surface area contributed by atoms with E-state index >= 15 is 0 Å². The molecule has 4 nitrogen and oxygen atoms in total. The van der Waals surface area contributed by atoms with Crippen LogP contribution >= 0.6 is 0 Å². The second kappa shape index (κ2) is 5.09. The van der Waals surface area contributed by atoms with Gasteiger partial charge >= 0.3 is 0 Å². The number of benzene rings is 1. The minimum Gasteiger partial charge on any atom is -0.484 e. The minimum absolute atomic E-state index is 0.0963. The number of hydrogen-bond acceptors (Lipinski definition) is 3. The van der Waals surface area contributed by atoms with Crippen LogP contribution in [0.2, 0.25) is 0 Å². The lowest BCUT2D eigenvalue weighted by molar-refractivity contribution is -0.132. The third kappa shape index (κ3) is 2.52. The van der Waals surface area contributed by atoms with Gasteiger partial charge in [0.2, 0.25) is 0 Å². The lowest BCUT2D eigenvalue weighted by Gasteiger charge is -2.27. The number of nitrogens with zero attached hydrogens (tertiary/aromatic N) is 1. The molecule has 0 bridgehead atoms. The van der Waals surface area contributed by atoms with Gasteiger partial charge in [0, 0.05) is 25.2 Å². The summed E-state index contributed by atoms with van der Waals surface area (Å²) in [5.74, 6) is 2.00. The second-order valence-corrected chi connectivity index (χ2v) is 6.37. The lowest BCUT2D eigenvalue weighted by Crippen LogP contribution is -2.43. The molecule has 0 saturated carbocycles. The van der Waals surface area contributed by atoms with E-state index in [0.29, 0.717) is 11.8 Å². The first-order valence-corrected chi connectivity index (χ1v) is 7.27. The number of carbonyl (C=O) groups is 1. The monoisotopic (exact) mass is 274 g/mol. The van der Waals surface area contributed by atoms with E-state index in [4.69, 9.17) is 4.74 Å². The normalized spacial score (nSPS) is 27.4. The van der Waals surface area contributed by atoms with Crippen LogP contribution in [0, 0.1) is 11.8 Å². The van der Waals surface area contributed by atoms with Gasteiger partial charge in [0.1, 0.15) is 5.75 Å². The highest BCUT2D eigenvalue weighted by Gasteiger charge is 2.47. The highest BCUT2D eigenvalue weighted by molar-refractivity contribution is 5.78. The van der Waals surface area contributed by atoms with Gasteiger partial charge in [-0.05, 0) is 37.8 Å². The molecule has 2 fully saturated rings. The third-order valence-corrected chi connectivity index (χ3v) is 4.65. The van der Waals surface area contributed by atoms with Crippen molar-refractivity contribution < 1.29 is 9.53 Å². The summed E-state index contributed by atoms with van der Waals surface area (Å²) in [6.07, 6.45) is 0. The van der Waals surface area contributed by atoms with Crippen LogP contribution in [-0.2, 0) is 4.79 Å². The molecule has 20 heavy (non-hydrogen) atoms. The maximum atomic E-state index is 12.2. The molecule has 0 spiro atoms. The van der Waals surface area contributed by atoms with Crippen molar-refractivity contribution in [3.05, 3.63) is 30.3 Å². The van der Waals surface area contributed by atoms with Crippen LogP contribution < -0.4 is 10.1 Å². The van der Waals surface area contributed by atoms with Crippen LogP contribution in [-0.4, -0.2) is 42.6 Å². The zero-order chi connectivity index (χ0) is 14.2. The summed E-state index contributed by atoms with van der Waals surface area (Å²) in [5.41, 5.74) is 0.139. The van der Waals surface area contributed by atoms with Crippen molar-refractivity contribution in [2.24, 2.45) is 11.8 Å². The summed E-state index contributed by atoms with van der Waals surface area (Å²) in [4.78, 5) is 14.2. The molecule has 2 aliphatic heterocycles. The van der Waals surface area contributed by atoms with E-state index in [1.165, 1.54) is 0 Å². The van der Waals surface area contributed by atoms with Crippen molar-refractivity contribution >= 4 is 5.91 Å². The number of hydrogen-bond donors (Lipinski definition) is 1. The van der Waals surface area contributed by atoms with Crippen molar-refractivity contribution in [1.82, 2.24) is 10.2 Å². The van der Waals surface area contributed by atoms with Crippen LogP contribution in [0.5, 0.6) is 5.75 Å². The summed E-state index contributed by atoms with van der Waals surface area (Å²) in [6, 6.07) is 9.51. The number of amides is 1. The largest absolute Gasteiger partial charge is 0.484 e. The Labute approximate surface area is 120 Å². The SMILES string of the molecule is CC1(C)NCC2CN(C(=O)COc3ccccc3)CC21. The van der Waals surface area contributed by atoms with Crippen molar-refractivity contribution in [1.29, 1.82) is 0 Å². The molecule has 2 heterocycles. The van der Waals surface area contributed by atoms with Crippen LogP contribution in [0.3, 0.4) is 0 Å². The molecule has 2 aliphatic rings. The number of para-hydroxylation sites is 1. The molecule has 2 atom stereocenters. The van der Waals surface area contributed by atoms with Gasteiger partial charge in [0.15, 0.2) is 6.61 Å². The van der Waals surface area contributed by atoms with Crippen molar-refractivity contribution in [3.8, 4) is 5.75 Å². The van der Waals surface area contributed by atoms with Crippen molar-refractivity contribution in [3.63, 3.8) is 0 Å². The van der Waals surface area contributed by atoms with E-state index in [1.54, 1.807) is 0 Å². The molecule has 3 rings (SSSR count). The zero-order valence-electron chi connectivity index (χ0n) is 12.1. The Hall–Kier alpha value is -1.55. The second-order valence-electron chi connectivity index (χ2n) is 6.37. The van der Waals surface area contributed by atoms with E-state index in [9.17, 15) is 4.79 Å². The minimum atomic E-state index is 0.0963. The highest BCUT2D eigenvalue weighted by atomic mass is 16.5. The average molecular weight is 274 g/mol. The molecule has 2 unspecified atom stereocenters.